The van der Waals surface area contributed by atoms with Gasteiger partial charge in [0.05, 0.1) is 11.9 Å². The first-order valence-electron chi connectivity index (χ1n) is 5.05. The third-order valence-electron chi connectivity index (χ3n) is 2.17. The number of carbonyl (C=O) groups is 1. The summed E-state index contributed by atoms with van der Waals surface area (Å²) in [6.45, 7) is 0. The lowest BCUT2D eigenvalue weighted by Gasteiger charge is -2.08. The Kier molecular flexibility index (Phi) is 3.66. The van der Waals surface area contributed by atoms with Crippen molar-refractivity contribution in [3.63, 3.8) is 0 Å². The minimum Gasteiger partial charge on any atom is -0.438 e. The maximum atomic E-state index is 11.3. The molecule has 1 aromatic carbocycles. The van der Waals surface area contributed by atoms with Crippen LogP contribution in [0.4, 0.5) is 5.69 Å². The van der Waals surface area contributed by atoms with Crippen LogP contribution in [0.1, 0.15) is 10.4 Å². The monoisotopic (exact) mass is 355 g/mol. The number of hydrogen-bond acceptors (Lipinski definition) is 4. The second-order valence-corrected chi connectivity index (χ2v) is 4.79. The second kappa shape index (κ2) is 5.21. The molecule has 0 saturated carbocycles. The van der Waals surface area contributed by atoms with Gasteiger partial charge in [-0.3, -0.25) is 4.79 Å². The number of nitrogen functional groups attached to an aromatic ring is 1. The fraction of sp³-hybridized carbons (Fsp3) is 0. The van der Waals surface area contributed by atoms with Gasteiger partial charge in [-0.1, -0.05) is 0 Å². The van der Waals surface area contributed by atoms with Crippen LogP contribution in [0.2, 0.25) is 0 Å². The highest BCUT2D eigenvalue weighted by molar-refractivity contribution is 14.1. The van der Waals surface area contributed by atoms with E-state index in [4.69, 9.17) is 16.2 Å². The molecule has 92 valence electrons. The predicted molar refractivity (Wildman–Crippen MR) is 76.4 cm³/mol. The van der Waals surface area contributed by atoms with Gasteiger partial charge in [-0.15, -0.1) is 0 Å². The molecule has 5 nitrogen and oxygen atoms in total. The van der Waals surface area contributed by atoms with Crippen LogP contribution >= 0.6 is 22.6 Å². The van der Waals surface area contributed by atoms with E-state index < -0.39 is 5.91 Å². The number of rotatable bonds is 3. The Morgan fingerprint density at radius 3 is 2.56 bits per heavy atom. The molecule has 1 amide bonds. The quantitative estimate of drug-likeness (QED) is 0.826. The molecule has 18 heavy (non-hydrogen) atoms. The first-order valence-corrected chi connectivity index (χ1v) is 6.13. The zero-order valence-corrected chi connectivity index (χ0v) is 11.4. The van der Waals surface area contributed by atoms with Gasteiger partial charge in [-0.25, -0.2) is 4.98 Å². The van der Waals surface area contributed by atoms with Gasteiger partial charge in [0.15, 0.2) is 0 Å². The number of anilines is 1. The van der Waals surface area contributed by atoms with Crippen LogP contribution in [-0.4, -0.2) is 10.9 Å². The Bertz CT molecular complexity index is 584. The van der Waals surface area contributed by atoms with Crippen molar-refractivity contribution in [2.45, 2.75) is 0 Å². The zero-order chi connectivity index (χ0) is 13.1. The van der Waals surface area contributed by atoms with Crippen molar-refractivity contribution in [3.05, 3.63) is 45.7 Å². The van der Waals surface area contributed by atoms with Crippen LogP contribution in [0.5, 0.6) is 11.6 Å². The lowest BCUT2D eigenvalue weighted by Crippen LogP contribution is -2.13. The number of carbonyl (C=O) groups excluding carboxylic acids is 1. The predicted octanol–water partition coefficient (Wildman–Crippen LogP) is 2.16. The van der Waals surface area contributed by atoms with Gasteiger partial charge in [0.1, 0.15) is 11.3 Å². The molecule has 1 aromatic heterocycles. The van der Waals surface area contributed by atoms with Crippen molar-refractivity contribution in [2.75, 3.05) is 5.73 Å². The molecule has 6 heteroatoms. The third kappa shape index (κ3) is 2.89. The number of ether oxygens (including phenoxy) is 1. The van der Waals surface area contributed by atoms with E-state index in [1.165, 1.54) is 12.3 Å². The maximum absolute atomic E-state index is 11.3. The molecule has 0 spiro atoms. The Hall–Kier alpha value is -1.83. The van der Waals surface area contributed by atoms with Gasteiger partial charge in [0.2, 0.25) is 5.88 Å². The van der Waals surface area contributed by atoms with Gasteiger partial charge in [-0.2, -0.15) is 0 Å². The average molecular weight is 355 g/mol. The minimum absolute atomic E-state index is 0.151. The minimum atomic E-state index is -0.629. The molecule has 2 aromatic rings. The van der Waals surface area contributed by atoms with E-state index in [1.54, 1.807) is 12.1 Å². The van der Waals surface area contributed by atoms with Crippen LogP contribution in [0.15, 0.2) is 36.5 Å². The van der Waals surface area contributed by atoms with Gasteiger partial charge in [0, 0.05) is 3.57 Å². The summed E-state index contributed by atoms with van der Waals surface area (Å²) in [5.74, 6) is 0.100. The number of amides is 1. The van der Waals surface area contributed by atoms with E-state index in [-0.39, 0.29) is 11.4 Å². The van der Waals surface area contributed by atoms with E-state index >= 15 is 0 Å². The van der Waals surface area contributed by atoms with Crippen LogP contribution in [0, 0.1) is 3.57 Å². The number of halogens is 1. The first-order chi connectivity index (χ1) is 8.56. The van der Waals surface area contributed by atoms with Crippen molar-refractivity contribution in [3.8, 4) is 11.6 Å². The van der Waals surface area contributed by atoms with Gasteiger partial charge >= 0.3 is 0 Å². The summed E-state index contributed by atoms with van der Waals surface area (Å²) in [6.07, 6.45) is 1.41. The number of aromatic nitrogens is 1. The molecule has 2 rings (SSSR count). The molecule has 0 fully saturated rings. The SMILES string of the molecule is NC(=O)c1cc(N)cnc1Oc1ccc(I)cc1. The van der Waals surface area contributed by atoms with E-state index in [1.807, 2.05) is 12.1 Å². The van der Waals surface area contributed by atoms with Crippen molar-refractivity contribution in [1.82, 2.24) is 4.98 Å². The third-order valence-corrected chi connectivity index (χ3v) is 2.89. The van der Waals surface area contributed by atoms with Crippen molar-refractivity contribution < 1.29 is 9.53 Å². The normalized spacial score (nSPS) is 10.1. The van der Waals surface area contributed by atoms with Crippen LogP contribution in [0.25, 0.3) is 0 Å². The lowest BCUT2D eigenvalue weighted by molar-refractivity contribution is 0.0997. The van der Waals surface area contributed by atoms with Crippen molar-refractivity contribution in [2.24, 2.45) is 5.73 Å². The smallest absolute Gasteiger partial charge is 0.254 e. The molecule has 0 aliphatic carbocycles. The topological polar surface area (TPSA) is 91.2 Å². The highest BCUT2D eigenvalue weighted by Crippen LogP contribution is 2.24. The molecule has 0 aliphatic rings. The number of hydrogen-bond donors (Lipinski definition) is 2. The summed E-state index contributed by atoms with van der Waals surface area (Å²) in [4.78, 5) is 15.2. The second-order valence-electron chi connectivity index (χ2n) is 3.54. The molecule has 0 bridgehead atoms. The molecule has 4 N–H and O–H groups in total. The molecule has 0 radical (unpaired) electrons. The van der Waals surface area contributed by atoms with Crippen LogP contribution < -0.4 is 16.2 Å². The standard InChI is InChI=1S/C12H10IN3O2/c13-7-1-3-9(4-2-7)18-12-10(11(15)17)5-8(14)6-16-12/h1-6H,14H2,(H2,15,17). The fourth-order valence-corrected chi connectivity index (χ4v) is 1.70. The summed E-state index contributed by atoms with van der Waals surface area (Å²) in [5.41, 5.74) is 11.3. The van der Waals surface area contributed by atoms with Crippen LogP contribution in [0.3, 0.4) is 0 Å². The molecule has 1 heterocycles. The van der Waals surface area contributed by atoms with Gasteiger partial charge in [0.25, 0.3) is 5.91 Å². The average Bonchev–Trinajstić information content (AvgIpc) is 2.34. The Morgan fingerprint density at radius 1 is 1.28 bits per heavy atom. The summed E-state index contributed by atoms with van der Waals surface area (Å²) >= 11 is 2.19. The number of nitrogens with two attached hydrogens (primary N) is 2. The summed E-state index contributed by atoms with van der Waals surface area (Å²) in [6, 6.07) is 8.78. The Morgan fingerprint density at radius 2 is 1.94 bits per heavy atom. The summed E-state index contributed by atoms with van der Waals surface area (Å²) < 4.78 is 6.59. The van der Waals surface area contributed by atoms with E-state index in [9.17, 15) is 4.79 Å². The maximum Gasteiger partial charge on any atom is 0.254 e. The Balaban J connectivity index is 2.34. The number of nitrogens with zero attached hydrogens (tertiary/aromatic N) is 1. The molecule has 0 atom stereocenters. The lowest BCUT2D eigenvalue weighted by atomic mass is 10.2. The van der Waals surface area contributed by atoms with Crippen LogP contribution in [-0.2, 0) is 0 Å². The highest BCUT2D eigenvalue weighted by atomic mass is 127. The van der Waals surface area contributed by atoms with E-state index in [0.29, 0.717) is 11.4 Å². The zero-order valence-electron chi connectivity index (χ0n) is 9.26. The Labute approximate surface area is 117 Å². The molecule has 0 aliphatic heterocycles. The summed E-state index contributed by atoms with van der Waals surface area (Å²) in [7, 11) is 0. The van der Waals surface area contributed by atoms with Gasteiger partial charge in [-0.05, 0) is 52.9 Å². The van der Waals surface area contributed by atoms with Crippen molar-refractivity contribution in [1.29, 1.82) is 0 Å². The molecule has 0 saturated heterocycles. The number of primary amides is 1. The van der Waals surface area contributed by atoms with E-state index in [0.717, 1.165) is 3.57 Å². The molecular weight excluding hydrogens is 345 g/mol. The molecule has 0 unspecified atom stereocenters. The van der Waals surface area contributed by atoms with Crippen molar-refractivity contribution >= 4 is 34.2 Å². The number of pyridine rings is 1. The molecular formula is C12H10IN3O2. The number of benzene rings is 1. The fourth-order valence-electron chi connectivity index (χ4n) is 1.34. The summed E-state index contributed by atoms with van der Waals surface area (Å²) in [5, 5.41) is 0. The van der Waals surface area contributed by atoms with E-state index in [2.05, 4.69) is 27.6 Å². The van der Waals surface area contributed by atoms with Gasteiger partial charge < -0.3 is 16.2 Å². The highest BCUT2D eigenvalue weighted by Gasteiger charge is 2.12. The largest absolute Gasteiger partial charge is 0.438 e. The first kappa shape index (κ1) is 12.6.